The Bertz CT molecular complexity index is 735. The van der Waals surface area contributed by atoms with E-state index in [2.05, 4.69) is 5.32 Å². The van der Waals surface area contributed by atoms with Gasteiger partial charge in [0.15, 0.2) is 9.84 Å². The highest BCUT2D eigenvalue weighted by Crippen LogP contribution is 2.22. The molecule has 0 radical (unpaired) electrons. The average molecular weight is 356 g/mol. The predicted octanol–water partition coefficient (Wildman–Crippen LogP) is 1.58. The maximum Gasteiger partial charge on any atom is 0.338 e. The van der Waals surface area contributed by atoms with Gasteiger partial charge in [-0.15, -0.1) is 0 Å². The number of nitrogens with two attached hydrogens (primary N) is 1. The Morgan fingerprint density at radius 2 is 1.83 bits per heavy atom. The summed E-state index contributed by atoms with van der Waals surface area (Å²) in [5.74, 6) is -1.14. The molecule has 0 bridgehead atoms. The minimum absolute atomic E-state index is 0.0411. The number of carbonyl (C=O) groups is 2. The van der Waals surface area contributed by atoms with Gasteiger partial charge in [-0.1, -0.05) is 20.8 Å². The fraction of sp³-hybridized carbons (Fsp3) is 0.500. The van der Waals surface area contributed by atoms with Crippen LogP contribution in [0.5, 0.6) is 0 Å². The molecule has 24 heavy (non-hydrogen) atoms. The van der Waals surface area contributed by atoms with Gasteiger partial charge in [-0.25, -0.2) is 13.2 Å². The molecular formula is C16H24N2O5S. The van der Waals surface area contributed by atoms with E-state index < -0.39 is 33.2 Å². The molecule has 1 rings (SSSR count). The van der Waals surface area contributed by atoms with Gasteiger partial charge in [-0.3, -0.25) is 4.79 Å². The molecule has 0 fully saturated rings. The first-order valence-electron chi connectivity index (χ1n) is 7.45. The second-order valence-corrected chi connectivity index (χ2v) is 8.59. The first-order valence-corrected chi connectivity index (χ1v) is 9.34. The third-order valence-corrected chi connectivity index (χ3v) is 4.42. The zero-order valence-corrected chi connectivity index (χ0v) is 15.4. The molecule has 0 unspecified atom stereocenters. The number of carbonyl (C=O) groups excluding carboxylic acids is 2. The van der Waals surface area contributed by atoms with Crippen molar-refractivity contribution in [3.8, 4) is 0 Å². The summed E-state index contributed by atoms with van der Waals surface area (Å²) in [4.78, 5) is 24.0. The van der Waals surface area contributed by atoms with Gasteiger partial charge in [-0.05, 0) is 30.5 Å². The lowest BCUT2D eigenvalue weighted by molar-refractivity contribution is -0.119. The quantitative estimate of drug-likeness (QED) is 0.774. The Morgan fingerprint density at radius 1 is 1.25 bits per heavy atom. The van der Waals surface area contributed by atoms with E-state index >= 15 is 0 Å². The highest BCUT2D eigenvalue weighted by atomic mass is 32.2. The van der Waals surface area contributed by atoms with E-state index in [1.54, 1.807) is 6.92 Å². The Balaban J connectivity index is 3.25. The Morgan fingerprint density at radius 3 is 2.29 bits per heavy atom. The number of esters is 1. The molecule has 1 atom stereocenters. The summed E-state index contributed by atoms with van der Waals surface area (Å²) in [6.45, 7) is 7.23. The monoisotopic (exact) mass is 356 g/mol. The number of benzene rings is 1. The fourth-order valence-electron chi connectivity index (χ4n) is 1.83. The fourth-order valence-corrected chi connectivity index (χ4v) is 2.51. The van der Waals surface area contributed by atoms with Crippen molar-refractivity contribution < 1.29 is 22.7 Å². The van der Waals surface area contributed by atoms with Gasteiger partial charge >= 0.3 is 5.97 Å². The first-order chi connectivity index (χ1) is 10.9. The van der Waals surface area contributed by atoms with Crippen molar-refractivity contribution in [3.63, 3.8) is 0 Å². The number of ether oxygens (including phenoxy) is 1. The molecule has 8 heteroatoms. The van der Waals surface area contributed by atoms with Gasteiger partial charge < -0.3 is 15.8 Å². The highest BCUT2D eigenvalue weighted by molar-refractivity contribution is 7.90. The molecule has 1 aromatic rings. The van der Waals surface area contributed by atoms with Crippen molar-refractivity contribution in [2.24, 2.45) is 11.1 Å². The minimum Gasteiger partial charge on any atom is -0.462 e. The number of nitrogens with one attached hydrogen (secondary N) is 1. The van der Waals surface area contributed by atoms with Crippen molar-refractivity contribution in [1.82, 2.24) is 0 Å². The molecule has 1 aromatic carbocycles. The van der Waals surface area contributed by atoms with E-state index in [0.29, 0.717) is 0 Å². The summed E-state index contributed by atoms with van der Waals surface area (Å²) in [6, 6.07) is 3.06. The van der Waals surface area contributed by atoms with Crippen molar-refractivity contribution in [2.75, 3.05) is 18.2 Å². The highest BCUT2D eigenvalue weighted by Gasteiger charge is 2.28. The molecule has 0 aliphatic heterocycles. The lowest BCUT2D eigenvalue weighted by Crippen LogP contribution is -2.45. The van der Waals surface area contributed by atoms with Crippen LogP contribution in [0.25, 0.3) is 0 Å². The summed E-state index contributed by atoms with van der Waals surface area (Å²) in [5.41, 5.74) is 5.63. The Labute approximate surface area is 142 Å². The molecule has 0 spiro atoms. The molecule has 0 heterocycles. The zero-order valence-electron chi connectivity index (χ0n) is 14.5. The van der Waals surface area contributed by atoms with E-state index in [0.717, 1.165) is 6.26 Å². The third kappa shape index (κ3) is 5.31. The third-order valence-electron chi connectivity index (χ3n) is 3.33. The Kier molecular flexibility index (Phi) is 6.13. The molecule has 0 aliphatic carbocycles. The summed E-state index contributed by atoms with van der Waals surface area (Å²) in [6.07, 6.45) is 1.02. The summed E-state index contributed by atoms with van der Waals surface area (Å²) >= 11 is 0. The smallest absolute Gasteiger partial charge is 0.338 e. The molecule has 0 aliphatic rings. The van der Waals surface area contributed by atoms with Crippen molar-refractivity contribution in [3.05, 3.63) is 23.8 Å². The summed E-state index contributed by atoms with van der Waals surface area (Å²) in [7, 11) is -3.57. The van der Waals surface area contributed by atoms with Crippen LogP contribution in [-0.2, 0) is 19.4 Å². The van der Waals surface area contributed by atoms with Crippen LogP contribution in [0.15, 0.2) is 23.1 Å². The normalized spacial score (nSPS) is 13.2. The van der Waals surface area contributed by atoms with Crippen molar-refractivity contribution in [2.45, 2.75) is 38.6 Å². The van der Waals surface area contributed by atoms with E-state index in [9.17, 15) is 18.0 Å². The van der Waals surface area contributed by atoms with E-state index in [1.807, 2.05) is 20.8 Å². The molecule has 7 nitrogen and oxygen atoms in total. The molecule has 0 saturated carbocycles. The van der Waals surface area contributed by atoms with E-state index in [4.69, 9.17) is 10.5 Å². The second kappa shape index (κ2) is 7.31. The molecular weight excluding hydrogens is 332 g/mol. The summed E-state index contributed by atoms with van der Waals surface area (Å²) < 4.78 is 28.5. The second-order valence-electron chi connectivity index (χ2n) is 6.57. The number of rotatable bonds is 5. The first kappa shape index (κ1) is 20.1. The number of sulfone groups is 1. The van der Waals surface area contributed by atoms with Gasteiger partial charge in [0.05, 0.1) is 23.1 Å². The van der Waals surface area contributed by atoms with Crippen LogP contribution < -0.4 is 11.1 Å². The van der Waals surface area contributed by atoms with Crippen LogP contribution in [-0.4, -0.2) is 39.2 Å². The standard InChI is InChI=1S/C16H24N2O5S/c1-6-23-15(20)10-7-11(9-12(8-10)24(5,21)22)18-14(19)13(17)16(2,3)4/h7-9,13H,6,17H2,1-5H3,(H,18,19)/t13-/m1/s1. The number of amides is 1. The van der Waals surface area contributed by atoms with Gasteiger partial charge in [-0.2, -0.15) is 0 Å². The predicted molar refractivity (Wildman–Crippen MR) is 91.6 cm³/mol. The Hall–Kier alpha value is -1.93. The number of hydrogen-bond acceptors (Lipinski definition) is 6. The van der Waals surface area contributed by atoms with Crippen LogP contribution in [0, 0.1) is 5.41 Å². The lowest BCUT2D eigenvalue weighted by atomic mass is 9.87. The molecule has 0 aromatic heterocycles. The lowest BCUT2D eigenvalue weighted by Gasteiger charge is -2.26. The van der Waals surface area contributed by atoms with E-state index in [1.165, 1.54) is 18.2 Å². The van der Waals surface area contributed by atoms with Crippen LogP contribution in [0.1, 0.15) is 38.1 Å². The largest absolute Gasteiger partial charge is 0.462 e. The molecule has 134 valence electrons. The number of anilines is 1. The van der Waals surface area contributed by atoms with E-state index in [-0.39, 0.29) is 22.8 Å². The average Bonchev–Trinajstić information content (AvgIpc) is 2.44. The number of hydrogen-bond donors (Lipinski definition) is 2. The van der Waals surface area contributed by atoms with Gasteiger partial charge in [0, 0.05) is 11.9 Å². The maximum atomic E-state index is 12.2. The van der Waals surface area contributed by atoms with Crippen LogP contribution in [0.2, 0.25) is 0 Å². The zero-order chi connectivity index (χ0) is 18.7. The topological polar surface area (TPSA) is 116 Å². The van der Waals surface area contributed by atoms with Gasteiger partial charge in [0.1, 0.15) is 0 Å². The summed E-state index contributed by atoms with van der Waals surface area (Å²) in [5, 5.41) is 2.56. The molecule has 1 amide bonds. The van der Waals surface area contributed by atoms with Crippen molar-refractivity contribution >= 4 is 27.4 Å². The molecule has 3 N–H and O–H groups in total. The SMILES string of the molecule is CCOC(=O)c1cc(NC(=O)[C@@H](N)C(C)(C)C)cc(S(C)(=O)=O)c1. The van der Waals surface area contributed by atoms with Gasteiger partial charge in [0.25, 0.3) is 0 Å². The van der Waals surface area contributed by atoms with Crippen LogP contribution in [0.3, 0.4) is 0 Å². The maximum absolute atomic E-state index is 12.2. The van der Waals surface area contributed by atoms with Crippen LogP contribution in [0.4, 0.5) is 5.69 Å². The molecule has 0 saturated heterocycles. The van der Waals surface area contributed by atoms with Crippen molar-refractivity contribution in [1.29, 1.82) is 0 Å². The van der Waals surface area contributed by atoms with Gasteiger partial charge in [0.2, 0.25) is 5.91 Å². The minimum atomic E-state index is -3.57. The van der Waals surface area contributed by atoms with Crippen LogP contribution >= 0.6 is 0 Å².